The molecule has 1 atom stereocenters. The molecule has 0 unspecified atom stereocenters. The molecule has 2 fully saturated rings. The lowest BCUT2D eigenvalue weighted by molar-refractivity contribution is 0.0737. The minimum atomic E-state index is -0.380. The van der Waals surface area contributed by atoms with Crippen LogP contribution in [-0.4, -0.2) is 39.4 Å². The van der Waals surface area contributed by atoms with Gasteiger partial charge in [0.05, 0.1) is 28.0 Å². The van der Waals surface area contributed by atoms with E-state index in [1.165, 1.54) is 17.4 Å². The fourth-order valence-corrected chi connectivity index (χ4v) is 5.85. The predicted octanol–water partition coefficient (Wildman–Crippen LogP) is 6.16. The molecule has 1 saturated heterocycles. The number of aryl methyl sites for hydroxylation is 1. The molecule has 1 amide bonds. The third-order valence-corrected chi connectivity index (χ3v) is 8.07. The molecule has 0 bridgehead atoms. The number of hydrogen-bond donors (Lipinski definition) is 1. The molecule has 0 radical (unpaired) electrons. The van der Waals surface area contributed by atoms with Crippen molar-refractivity contribution < 1.29 is 13.9 Å². The molecule has 1 aliphatic heterocycles. The first-order valence-electron chi connectivity index (χ1n) is 11.7. The van der Waals surface area contributed by atoms with Crippen LogP contribution in [0.2, 0.25) is 0 Å². The van der Waals surface area contributed by atoms with E-state index < -0.39 is 0 Å². The van der Waals surface area contributed by atoms with Crippen LogP contribution in [-0.2, 0) is 0 Å². The van der Waals surface area contributed by atoms with Gasteiger partial charge in [0.1, 0.15) is 29.1 Å². The Bertz CT molecular complexity index is 1490. The van der Waals surface area contributed by atoms with E-state index in [1.54, 1.807) is 25.0 Å². The van der Waals surface area contributed by atoms with Crippen molar-refractivity contribution in [3.05, 3.63) is 76.5 Å². The summed E-state index contributed by atoms with van der Waals surface area (Å²) in [4.78, 5) is 29.4. The van der Waals surface area contributed by atoms with Crippen molar-refractivity contribution >= 4 is 28.3 Å². The maximum Gasteiger partial charge on any atom is 0.274 e. The number of H-pyrrole nitrogens is 1. The Kier molecular flexibility index (Phi) is 5.21. The average molecular weight is 489 g/mol. The summed E-state index contributed by atoms with van der Waals surface area (Å²) >= 11 is 1.51. The van der Waals surface area contributed by atoms with Gasteiger partial charge in [-0.15, -0.1) is 11.3 Å². The lowest BCUT2D eigenvalue weighted by Gasteiger charge is -2.23. The van der Waals surface area contributed by atoms with Crippen LogP contribution < -0.4 is 4.74 Å². The zero-order chi connectivity index (χ0) is 24.3. The lowest BCUT2D eigenvalue weighted by Crippen LogP contribution is -2.32. The van der Waals surface area contributed by atoms with E-state index in [0.717, 1.165) is 45.1 Å². The molecule has 0 spiro atoms. The zero-order valence-corrected chi connectivity index (χ0v) is 20.4. The van der Waals surface area contributed by atoms with Gasteiger partial charge < -0.3 is 14.6 Å². The minimum absolute atomic E-state index is 0.175. The van der Waals surface area contributed by atoms with Crippen LogP contribution in [0.5, 0.6) is 5.75 Å². The number of carbonyl (C=O) groups is 1. The number of hydrogen-bond acceptors (Lipinski definition) is 5. The van der Waals surface area contributed by atoms with Crippen LogP contribution >= 0.6 is 11.3 Å². The van der Waals surface area contributed by atoms with Gasteiger partial charge in [-0.2, -0.15) is 0 Å². The molecule has 2 aromatic heterocycles. The van der Waals surface area contributed by atoms with Crippen LogP contribution in [0, 0.1) is 12.7 Å². The Hall–Kier alpha value is -3.52. The summed E-state index contributed by atoms with van der Waals surface area (Å²) in [5.41, 5.74) is 4.21. The molecule has 1 saturated carbocycles. The second kappa shape index (κ2) is 8.30. The van der Waals surface area contributed by atoms with Crippen molar-refractivity contribution in [3.8, 4) is 16.2 Å². The number of benzene rings is 2. The van der Waals surface area contributed by atoms with Crippen LogP contribution in [0.4, 0.5) is 4.39 Å². The molecule has 1 aliphatic carbocycles. The van der Waals surface area contributed by atoms with Crippen molar-refractivity contribution in [2.75, 3.05) is 13.7 Å². The quantitative estimate of drug-likeness (QED) is 0.341. The maximum atomic E-state index is 14.4. The van der Waals surface area contributed by atoms with Crippen LogP contribution in [0.3, 0.4) is 0 Å². The highest BCUT2D eigenvalue weighted by Crippen LogP contribution is 2.46. The van der Waals surface area contributed by atoms with E-state index >= 15 is 0 Å². The van der Waals surface area contributed by atoms with Gasteiger partial charge in [-0.3, -0.25) is 4.79 Å². The summed E-state index contributed by atoms with van der Waals surface area (Å²) in [5, 5.41) is 0.953. The summed E-state index contributed by atoms with van der Waals surface area (Å²) in [5.74, 6) is 1.34. The number of rotatable bonds is 5. The van der Waals surface area contributed by atoms with Crippen molar-refractivity contribution in [2.24, 2.45) is 0 Å². The summed E-state index contributed by atoms with van der Waals surface area (Å²) in [6.45, 7) is 6.50. The predicted molar refractivity (Wildman–Crippen MR) is 134 cm³/mol. The van der Waals surface area contributed by atoms with Gasteiger partial charge in [-0.25, -0.2) is 14.4 Å². The van der Waals surface area contributed by atoms with Gasteiger partial charge in [-0.05, 0) is 61.1 Å². The largest absolute Gasteiger partial charge is 0.497 e. The van der Waals surface area contributed by atoms with E-state index in [9.17, 15) is 9.18 Å². The van der Waals surface area contributed by atoms with Crippen LogP contribution in [0.25, 0.3) is 21.5 Å². The van der Waals surface area contributed by atoms with E-state index in [1.807, 2.05) is 24.3 Å². The number of nitrogens with zero attached hydrogens (tertiary/aromatic N) is 3. The molecular formula is C27H25FN4O2S. The molecule has 2 aliphatic rings. The fraction of sp³-hybridized carbons (Fsp3) is 0.296. The van der Waals surface area contributed by atoms with Gasteiger partial charge >= 0.3 is 0 Å². The molecule has 6 nitrogen and oxygen atoms in total. The molecule has 3 heterocycles. The SMILES string of the molecule is C=C1CCN(C(=O)c2nc(C3CC3)sc2-c2ccc(C)c(F)c2)[C@@H]1c1nc2ccc(OC)cc2[nH]1. The first kappa shape index (κ1) is 22.0. The van der Waals surface area contributed by atoms with Gasteiger partial charge in [0.15, 0.2) is 0 Å². The molecule has 6 rings (SSSR count). The van der Waals surface area contributed by atoms with Gasteiger partial charge in [0.2, 0.25) is 0 Å². The van der Waals surface area contributed by atoms with Gasteiger partial charge in [0, 0.05) is 18.5 Å². The molecule has 1 N–H and O–H groups in total. The number of carbonyl (C=O) groups excluding carboxylic acids is 1. The number of methoxy groups -OCH3 is 1. The number of imidazole rings is 1. The highest BCUT2D eigenvalue weighted by Gasteiger charge is 2.38. The van der Waals surface area contributed by atoms with Crippen LogP contribution in [0.15, 0.2) is 48.6 Å². The fourth-order valence-electron chi connectivity index (χ4n) is 4.63. The van der Waals surface area contributed by atoms with E-state index in [2.05, 4.69) is 11.6 Å². The highest BCUT2D eigenvalue weighted by atomic mass is 32.1. The smallest absolute Gasteiger partial charge is 0.274 e. The number of ether oxygens (including phenoxy) is 1. The topological polar surface area (TPSA) is 71.1 Å². The van der Waals surface area contributed by atoms with Crippen molar-refractivity contribution in [1.82, 2.24) is 19.9 Å². The van der Waals surface area contributed by atoms with E-state index in [4.69, 9.17) is 14.7 Å². The summed E-state index contributed by atoms with van der Waals surface area (Å²) in [6, 6.07) is 10.4. The third kappa shape index (κ3) is 3.82. The number of halogens is 1. The Labute approximate surface area is 206 Å². The number of fused-ring (bicyclic) bond motifs is 1. The monoisotopic (exact) mass is 488 g/mol. The molecule has 4 aromatic rings. The highest BCUT2D eigenvalue weighted by molar-refractivity contribution is 7.15. The molecule has 178 valence electrons. The average Bonchev–Trinajstić information content (AvgIpc) is 3.29. The van der Waals surface area contributed by atoms with Gasteiger partial charge in [-0.1, -0.05) is 18.7 Å². The number of aromatic amines is 1. The van der Waals surface area contributed by atoms with Crippen LogP contribution in [0.1, 0.15) is 58.1 Å². The Morgan fingerprint density at radius 2 is 2.06 bits per heavy atom. The lowest BCUT2D eigenvalue weighted by atomic mass is 10.1. The number of amides is 1. The number of nitrogens with one attached hydrogen (secondary N) is 1. The molecule has 8 heteroatoms. The molecular weight excluding hydrogens is 463 g/mol. The van der Waals surface area contributed by atoms with E-state index in [0.29, 0.717) is 41.5 Å². The van der Waals surface area contributed by atoms with Gasteiger partial charge in [0.25, 0.3) is 5.91 Å². The number of thiazole rings is 1. The summed E-state index contributed by atoms with van der Waals surface area (Å²) in [7, 11) is 1.62. The summed E-state index contributed by atoms with van der Waals surface area (Å²) in [6.07, 6.45) is 2.84. The second-order valence-corrected chi connectivity index (χ2v) is 10.3. The standard InChI is InChI=1S/C27H25FN4O2S/c1-14-4-5-17(12-19(14)28)24-22(31-26(35-24)16-6-7-16)27(33)32-11-10-15(2)23(32)25-29-20-9-8-18(34-3)13-21(20)30-25/h4-5,8-9,12-13,16,23H,2,6-7,10-11H2,1,3H3,(H,29,30)/t23-/m0/s1. The Morgan fingerprint density at radius 3 is 2.80 bits per heavy atom. The van der Waals surface area contributed by atoms with E-state index in [-0.39, 0.29) is 17.8 Å². The third-order valence-electron chi connectivity index (χ3n) is 6.81. The van der Waals surface area contributed by atoms with Crippen molar-refractivity contribution in [1.29, 1.82) is 0 Å². The molecule has 2 aromatic carbocycles. The molecule has 35 heavy (non-hydrogen) atoms. The van der Waals surface area contributed by atoms with Crippen molar-refractivity contribution in [2.45, 2.75) is 38.1 Å². The maximum absolute atomic E-state index is 14.4. The first-order chi connectivity index (χ1) is 16.9. The zero-order valence-electron chi connectivity index (χ0n) is 19.6. The normalized spacial score (nSPS) is 18.0. The minimum Gasteiger partial charge on any atom is -0.497 e. The first-order valence-corrected chi connectivity index (χ1v) is 12.5. The van der Waals surface area contributed by atoms with Crippen molar-refractivity contribution in [3.63, 3.8) is 0 Å². The Balaban J connectivity index is 1.40. The second-order valence-electron chi connectivity index (χ2n) is 9.28. The number of likely N-dealkylation sites (tertiary alicyclic amines) is 1. The Morgan fingerprint density at radius 1 is 1.23 bits per heavy atom. The number of aromatic nitrogens is 3. The summed E-state index contributed by atoms with van der Waals surface area (Å²) < 4.78 is 19.8.